The summed E-state index contributed by atoms with van der Waals surface area (Å²) in [5, 5.41) is 3.38. The summed E-state index contributed by atoms with van der Waals surface area (Å²) in [6.45, 7) is 2.08. The molecule has 0 fully saturated rings. The fraction of sp³-hybridized carbons (Fsp3) is 0.200. The van der Waals surface area contributed by atoms with Crippen molar-refractivity contribution < 1.29 is 4.39 Å². The zero-order valence-corrected chi connectivity index (χ0v) is 9.70. The molecule has 2 aromatic carbocycles. The Bertz CT molecular complexity index is 563. The van der Waals surface area contributed by atoms with Gasteiger partial charge in [-0.1, -0.05) is 35.9 Å². The van der Waals surface area contributed by atoms with Crippen molar-refractivity contribution in [2.24, 2.45) is 0 Å². The first-order valence-corrected chi connectivity index (χ1v) is 5.84. The largest absolute Gasteiger partial charge is 0.378 e. The van der Waals surface area contributed by atoms with Crippen LogP contribution in [-0.2, 0) is 6.42 Å². The molecule has 2 aromatic rings. The van der Waals surface area contributed by atoms with Crippen LogP contribution in [0.15, 0.2) is 42.5 Å². The highest BCUT2D eigenvalue weighted by Crippen LogP contribution is 2.35. The summed E-state index contributed by atoms with van der Waals surface area (Å²) in [5.41, 5.74) is 4.19. The molecule has 86 valence electrons. The third-order valence-electron chi connectivity index (χ3n) is 3.30. The van der Waals surface area contributed by atoms with Gasteiger partial charge in [0.2, 0.25) is 0 Å². The van der Waals surface area contributed by atoms with E-state index >= 15 is 0 Å². The quantitative estimate of drug-likeness (QED) is 0.780. The number of benzene rings is 2. The molecular weight excluding hydrogens is 213 g/mol. The molecule has 0 bridgehead atoms. The number of fused-ring (bicyclic) bond motifs is 1. The van der Waals surface area contributed by atoms with Gasteiger partial charge in [-0.15, -0.1) is 0 Å². The molecule has 2 heteroatoms. The first-order chi connectivity index (χ1) is 8.24. The van der Waals surface area contributed by atoms with Crippen LogP contribution in [0, 0.1) is 12.7 Å². The summed E-state index contributed by atoms with van der Waals surface area (Å²) in [7, 11) is 0. The average Bonchev–Trinajstić information content (AvgIpc) is 2.74. The highest BCUT2D eigenvalue weighted by Gasteiger charge is 2.24. The number of hydrogen-bond donors (Lipinski definition) is 1. The summed E-state index contributed by atoms with van der Waals surface area (Å²) in [6, 6.07) is 13.8. The maximum absolute atomic E-state index is 13.6. The normalized spacial score (nSPS) is 17.6. The third kappa shape index (κ3) is 1.80. The van der Waals surface area contributed by atoms with Crippen molar-refractivity contribution in [1.82, 2.24) is 0 Å². The van der Waals surface area contributed by atoms with E-state index in [0.717, 1.165) is 17.7 Å². The van der Waals surface area contributed by atoms with Crippen molar-refractivity contribution in [2.45, 2.75) is 19.4 Å². The van der Waals surface area contributed by atoms with E-state index in [1.165, 1.54) is 17.2 Å². The number of anilines is 1. The zero-order chi connectivity index (χ0) is 11.8. The molecule has 1 heterocycles. The van der Waals surface area contributed by atoms with Crippen molar-refractivity contribution in [3.05, 3.63) is 65.0 Å². The lowest BCUT2D eigenvalue weighted by Crippen LogP contribution is -2.05. The molecule has 1 aliphatic heterocycles. The predicted octanol–water partition coefficient (Wildman–Crippen LogP) is 3.84. The van der Waals surface area contributed by atoms with Gasteiger partial charge in [0.25, 0.3) is 0 Å². The minimum Gasteiger partial charge on any atom is -0.378 e. The van der Waals surface area contributed by atoms with Gasteiger partial charge in [-0.3, -0.25) is 0 Å². The monoisotopic (exact) mass is 227 g/mol. The van der Waals surface area contributed by atoms with E-state index < -0.39 is 0 Å². The summed E-state index contributed by atoms with van der Waals surface area (Å²) in [6.07, 6.45) is 0.728. The molecule has 0 aromatic heterocycles. The number of nitrogens with one attached hydrogen (secondary N) is 1. The van der Waals surface area contributed by atoms with Crippen LogP contribution in [0.2, 0.25) is 0 Å². The Labute approximate surface area is 100 Å². The molecule has 0 aliphatic carbocycles. The van der Waals surface area contributed by atoms with Gasteiger partial charge in [-0.05, 0) is 24.6 Å². The van der Waals surface area contributed by atoms with Gasteiger partial charge >= 0.3 is 0 Å². The molecule has 1 atom stereocenters. The van der Waals surface area contributed by atoms with Gasteiger partial charge in [0.05, 0.1) is 6.04 Å². The van der Waals surface area contributed by atoms with Gasteiger partial charge in [0.15, 0.2) is 0 Å². The first kappa shape index (κ1) is 10.3. The summed E-state index contributed by atoms with van der Waals surface area (Å²) < 4.78 is 13.6. The Hall–Kier alpha value is -1.83. The second-order valence-electron chi connectivity index (χ2n) is 4.58. The Morgan fingerprint density at radius 1 is 1.18 bits per heavy atom. The fourth-order valence-corrected chi connectivity index (χ4v) is 2.43. The minimum atomic E-state index is -0.106. The Balaban J connectivity index is 1.94. The van der Waals surface area contributed by atoms with Crippen LogP contribution in [0.25, 0.3) is 0 Å². The lowest BCUT2D eigenvalue weighted by atomic mass is 10.0. The minimum absolute atomic E-state index is 0.106. The van der Waals surface area contributed by atoms with E-state index in [4.69, 9.17) is 0 Å². The van der Waals surface area contributed by atoms with Crippen LogP contribution in [0.5, 0.6) is 0 Å². The summed E-state index contributed by atoms with van der Waals surface area (Å²) in [4.78, 5) is 0. The lowest BCUT2D eigenvalue weighted by molar-refractivity contribution is 0.610. The van der Waals surface area contributed by atoms with Crippen molar-refractivity contribution in [2.75, 3.05) is 5.32 Å². The second-order valence-corrected chi connectivity index (χ2v) is 4.58. The maximum Gasteiger partial charge on any atom is 0.128 e. The molecular formula is C15H14FN. The topological polar surface area (TPSA) is 12.0 Å². The van der Waals surface area contributed by atoms with E-state index in [9.17, 15) is 4.39 Å². The SMILES string of the molecule is Cc1cccc(C2Cc3c(F)cccc3N2)c1. The molecule has 0 radical (unpaired) electrons. The second kappa shape index (κ2) is 3.88. The Morgan fingerprint density at radius 2 is 2.00 bits per heavy atom. The molecule has 3 rings (SSSR count). The zero-order valence-electron chi connectivity index (χ0n) is 9.70. The smallest absolute Gasteiger partial charge is 0.128 e. The van der Waals surface area contributed by atoms with Crippen LogP contribution in [0.1, 0.15) is 22.7 Å². The van der Waals surface area contributed by atoms with E-state index in [1.807, 2.05) is 12.1 Å². The van der Waals surface area contributed by atoms with E-state index in [2.05, 4.69) is 30.4 Å². The van der Waals surface area contributed by atoms with Crippen molar-refractivity contribution in [3.63, 3.8) is 0 Å². The van der Waals surface area contributed by atoms with Gasteiger partial charge < -0.3 is 5.32 Å². The Morgan fingerprint density at radius 3 is 2.76 bits per heavy atom. The van der Waals surface area contributed by atoms with Crippen molar-refractivity contribution in [3.8, 4) is 0 Å². The van der Waals surface area contributed by atoms with Crippen molar-refractivity contribution >= 4 is 5.69 Å². The highest BCUT2D eigenvalue weighted by molar-refractivity contribution is 5.58. The number of rotatable bonds is 1. The Kier molecular flexibility index (Phi) is 2.36. The molecule has 1 N–H and O–H groups in total. The molecule has 1 nitrogen and oxygen atoms in total. The van der Waals surface area contributed by atoms with E-state index in [-0.39, 0.29) is 11.9 Å². The van der Waals surface area contributed by atoms with E-state index in [0.29, 0.717) is 0 Å². The molecule has 1 unspecified atom stereocenters. The van der Waals surface area contributed by atoms with Crippen molar-refractivity contribution in [1.29, 1.82) is 0 Å². The van der Waals surface area contributed by atoms with Gasteiger partial charge in [-0.2, -0.15) is 0 Å². The van der Waals surface area contributed by atoms with Gasteiger partial charge in [-0.25, -0.2) is 4.39 Å². The number of aryl methyl sites for hydroxylation is 1. The molecule has 1 aliphatic rings. The van der Waals surface area contributed by atoms with E-state index in [1.54, 1.807) is 6.07 Å². The average molecular weight is 227 g/mol. The molecule has 0 amide bonds. The lowest BCUT2D eigenvalue weighted by Gasteiger charge is -2.12. The molecule has 17 heavy (non-hydrogen) atoms. The van der Waals surface area contributed by atoms with Gasteiger partial charge in [0.1, 0.15) is 5.82 Å². The molecule has 0 saturated heterocycles. The highest BCUT2D eigenvalue weighted by atomic mass is 19.1. The summed E-state index contributed by atoms with van der Waals surface area (Å²) >= 11 is 0. The van der Waals surface area contributed by atoms with Crippen LogP contribution in [0.4, 0.5) is 10.1 Å². The van der Waals surface area contributed by atoms with Crippen LogP contribution in [-0.4, -0.2) is 0 Å². The number of halogens is 1. The maximum atomic E-state index is 13.6. The fourth-order valence-electron chi connectivity index (χ4n) is 2.43. The summed E-state index contributed by atoms with van der Waals surface area (Å²) in [5.74, 6) is -0.106. The third-order valence-corrected chi connectivity index (χ3v) is 3.30. The van der Waals surface area contributed by atoms with Gasteiger partial charge in [0, 0.05) is 17.7 Å². The van der Waals surface area contributed by atoms with Crippen LogP contribution >= 0.6 is 0 Å². The number of hydrogen-bond acceptors (Lipinski definition) is 1. The molecule has 0 spiro atoms. The standard InChI is InChI=1S/C15H14FN/c1-10-4-2-5-11(8-10)15-9-12-13(16)6-3-7-14(12)17-15/h2-8,15,17H,9H2,1H3. The van der Waals surface area contributed by atoms with Crippen LogP contribution in [0.3, 0.4) is 0 Å². The first-order valence-electron chi connectivity index (χ1n) is 5.84. The van der Waals surface area contributed by atoms with Crippen LogP contribution < -0.4 is 5.32 Å². The molecule has 0 saturated carbocycles. The predicted molar refractivity (Wildman–Crippen MR) is 67.6 cm³/mol.